The van der Waals surface area contributed by atoms with Crippen LogP contribution in [0.4, 0.5) is 11.4 Å². The Hall–Kier alpha value is -3.30. The molecule has 3 amide bonds. The Kier molecular flexibility index (Phi) is 12.9. The first kappa shape index (κ1) is 39.5. The van der Waals surface area contributed by atoms with E-state index >= 15 is 0 Å². The van der Waals surface area contributed by atoms with Crippen molar-refractivity contribution in [2.24, 2.45) is 0 Å². The normalized spacial score (nSPS) is 18.8. The van der Waals surface area contributed by atoms with Gasteiger partial charge in [-0.3, -0.25) is 32.8 Å². The third-order valence-corrected chi connectivity index (χ3v) is 11.3. The predicted octanol–water partition coefficient (Wildman–Crippen LogP) is 3.10. The molecule has 15 nitrogen and oxygen atoms in total. The molecule has 0 aromatic heterocycles. The van der Waals surface area contributed by atoms with E-state index in [1.165, 1.54) is 48.0 Å². The van der Waals surface area contributed by atoms with Gasteiger partial charge in [-0.15, -0.1) is 15.7 Å². The quantitative estimate of drug-likeness (QED) is 0.123. The Morgan fingerprint density at radius 2 is 1.70 bits per heavy atom. The van der Waals surface area contributed by atoms with E-state index in [2.05, 4.69) is 0 Å². The van der Waals surface area contributed by atoms with Gasteiger partial charge in [0.2, 0.25) is 5.78 Å². The van der Waals surface area contributed by atoms with Crippen LogP contribution in [0.25, 0.3) is 0 Å². The fraction of sp³-hybridized carbons (Fsp3) is 0.258. The van der Waals surface area contributed by atoms with Crippen LogP contribution in [0.1, 0.15) is 29.6 Å². The van der Waals surface area contributed by atoms with Crippen molar-refractivity contribution in [1.29, 1.82) is 0 Å². The van der Waals surface area contributed by atoms with Gasteiger partial charge in [0.15, 0.2) is 0 Å². The van der Waals surface area contributed by atoms with E-state index in [4.69, 9.17) is 9.57 Å². The predicted molar refractivity (Wildman–Crippen MR) is 186 cm³/mol. The molecule has 5 rings (SSSR count). The van der Waals surface area contributed by atoms with Gasteiger partial charge < -0.3 is 19.4 Å². The number of ether oxygens (including phenoxy) is 1. The zero-order chi connectivity index (χ0) is 35.5. The molecular weight excluding hydrogens is 726 g/mol. The Morgan fingerprint density at radius 3 is 2.38 bits per heavy atom. The summed E-state index contributed by atoms with van der Waals surface area (Å²) in [6.07, 6.45) is 6.11. The van der Waals surface area contributed by atoms with E-state index < -0.39 is 69.1 Å². The summed E-state index contributed by atoms with van der Waals surface area (Å²) in [6.45, 7) is -0.974. The van der Waals surface area contributed by atoms with Gasteiger partial charge in [-0.25, -0.2) is 4.79 Å². The second-order valence-corrected chi connectivity index (χ2v) is 15.4. The average molecular weight is 758 g/mol. The van der Waals surface area contributed by atoms with Crippen molar-refractivity contribution < 1.29 is 55.6 Å². The number of hydroxylamine groups is 2. The van der Waals surface area contributed by atoms with Crippen LogP contribution in [0.15, 0.2) is 86.5 Å². The van der Waals surface area contributed by atoms with Gasteiger partial charge in [-0.1, -0.05) is 36.0 Å². The summed E-state index contributed by atoms with van der Waals surface area (Å²) in [5, 5.41) is 1.03. The summed E-state index contributed by atoms with van der Waals surface area (Å²) < 4.78 is 58.5. The van der Waals surface area contributed by atoms with Crippen molar-refractivity contribution >= 4 is 103 Å². The number of fused-ring (bicyclic) bond motifs is 2. The molecule has 0 radical (unpaired) electrons. The van der Waals surface area contributed by atoms with E-state index in [-0.39, 0.29) is 70.7 Å². The minimum absolute atomic E-state index is 0. The molecule has 2 aromatic carbocycles. The number of carbonyl (C=O) groups is 5. The van der Waals surface area contributed by atoms with Gasteiger partial charge in [-0.05, 0) is 48.9 Å². The van der Waals surface area contributed by atoms with Gasteiger partial charge in [0, 0.05) is 42.6 Å². The molecule has 50 heavy (non-hydrogen) atoms. The molecule has 0 spiro atoms. The number of nitrogens with zero attached hydrogens (tertiary/aromatic N) is 3. The maximum atomic E-state index is 12.8. The SMILES string of the molecule is CN(C(=O)COCC(=O)ON1C(=O)CCC1=O)c1ccc2c(c1)SC(=CC=CC=C1C(=O)c3ccccc3S1(O)O)N2CCCS(=O)(=O)O.[NaH]. The molecule has 3 aliphatic heterocycles. The van der Waals surface area contributed by atoms with Crippen LogP contribution in [0.3, 0.4) is 0 Å². The summed E-state index contributed by atoms with van der Waals surface area (Å²) in [7, 11) is -6.17. The zero-order valence-electron chi connectivity index (χ0n) is 25.9. The fourth-order valence-electron chi connectivity index (χ4n) is 5.05. The first-order valence-corrected chi connectivity index (χ1v) is 18.6. The number of anilines is 2. The summed E-state index contributed by atoms with van der Waals surface area (Å²) >= 11 is 1.31. The van der Waals surface area contributed by atoms with Crippen molar-refractivity contribution in [2.75, 3.05) is 42.4 Å². The van der Waals surface area contributed by atoms with Crippen LogP contribution in [0.5, 0.6) is 0 Å². The van der Waals surface area contributed by atoms with Crippen molar-refractivity contribution in [3.05, 3.63) is 82.3 Å². The second kappa shape index (κ2) is 16.4. The zero-order valence-corrected chi connectivity index (χ0v) is 28.3. The number of carbonyl (C=O) groups excluding carboxylic acids is 5. The number of rotatable bonds is 12. The number of benzene rings is 2. The van der Waals surface area contributed by atoms with E-state index in [9.17, 15) is 46.0 Å². The van der Waals surface area contributed by atoms with Crippen molar-refractivity contribution in [2.45, 2.75) is 29.1 Å². The maximum absolute atomic E-state index is 12.8. The fourth-order valence-corrected chi connectivity index (χ4v) is 8.28. The number of hydrogen-bond donors (Lipinski definition) is 3. The molecule has 2 aromatic rings. The first-order chi connectivity index (χ1) is 23.2. The number of allylic oxidation sites excluding steroid dienone is 5. The molecule has 0 atom stereocenters. The molecule has 3 aliphatic rings. The number of thioether (sulfide) groups is 1. The molecule has 0 bridgehead atoms. The molecule has 19 heteroatoms. The second-order valence-electron chi connectivity index (χ2n) is 10.8. The van der Waals surface area contributed by atoms with Crippen LogP contribution in [0.2, 0.25) is 0 Å². The number of Topliss-reactive ketones (excluding diaryl/α,β-unsaturated/α-hetero) is 1. The average Bonchev–Trinajstić information content (AvgIpc) is 3.62. The van der Waals surface area contributed by atoms with Crippen LogP contribution >= 0.6 is 22.4 Å². The molecule has 3 heterocycles. The molecule has 1 saturated heterocycles. The van der Waals surface area contributed by atoms with Crippen LogP contribution in [0, 0.1) is 0 Å². The van der Waals surface area contributed by atoms with E-state index in [1.807, 2.05) is 4.90 Å². The standard InChI is InChI=1S/C31H31N3O12S3.Na.H/c1-32(28(37)18-45-19-30(38)46-34-26(35)13-14-27(34)36)20-11-12-22-23(17-20)47-29(33(22)15-6-16-48(40,41)42)10-5-4-9-25-31(39)21-7-2-3-8-24(21)49(25,43)44;;/h2-5,7-12,17,43-44H,6,13-16,18-19H2,1H3,(H,40,41,42);;. The Balaban J connectivity index is 0.00000562. The number of imide groups is 1. The van der Waals surface area contributed by atoms with Crippen molar-refractivity contribution in [3.8, 4) is 0 Å². The molecular formula is C31H32N3NaO12S3. The Labute approximate surface area is 315 Å². The Bertz CT molecular complexity index is 1910. The van der Waals surface area contributed by atoms with E-state index in [0.717, 1.165) is 0 Å². The summed E-state index contributed by atoms with van der Waals surface area (Å²) in [5.41, 5.74) is 1.40. The third kappa shape index (κ3) is 8.94. The first-order valence-electron chi connectivity index (χ1n) is 14.6. The van der Waals surface area contributed by atoms with Crippen LogP contribution < -0.4 is 9.80 Å². The van der Waals surface area contributed by atoms with Gasteiger partial charge in [0.1, 0.15) is 18.1 Å². The molecule has 0 unspecified atom stereocenters. The molecule has 1 fully saturated rings. The Morgan fingerprint density at radius 1 is 1.02 bits per heavy atom. The van der Waals surface area contributed by atoms with Crippen molar-refractivity contribution in [3.63, 3.8) is 0 Å². The topological polar surface area (TPSA) is 208 Å². The minimum atomic E-state index is -4.20. The molecule has 262 valence electrons. The van der Waals surface area contributed by atoms with E-state index in [0.29, 0.717) is 26.4 Å². The van der Waals surface area contributed by atoms with Crippen LogP contribution in [-0.4, -0.2) is 119 Å². The third-order valence-electron chi connectivity index (χ3n) is 7.47. The van der Waals surface area contributed by atoms with E-state index in [1.54, 1.807) is 42.5 Å². The van der Waals surface area contributed by atoms with Gasteiger partial charge in [0.25, 0.3) is 27.8 Å². The van der Waals surface area contributed by atoms with Crippen molar-refractivity contribution in [1.82, 2.24) is 5.06 Å². The number of amides is 3. The monoisotopic (exact) mass is 757 g/mol. The van der Waals surface area contributed by atoms with Gasteiger partial charge in [-0.2, -0.15) is 8.42 Å². The van der Waals surface area contributed by atoms with Crippen LogP contribution in [-0.2, 0) is 38.9 Å². The molecule has 0 aliphatic carbocycles. The number of likely N-dealkylation sites (N-methyl/N-ethyl adjacent to an activating group) is 1. The van der Waals surface area contributed by atoms with Gasteiger partial charge >= 0.3 is 35.5 Å². The number of hydrogen-bond acceptors (Lipinski definition) is 13. The number of ketones is 1. The van der Waals surface area contributed by atoms with Gasteiger partial charge in [0.05, 0.1) is 21.4 Å². The summed E-state index contributed by atoms with van der Waals surface area (Å²) in [4.78, 5) is 69.3. The molecule has 3 N–H and O–H groups in total. The summed E-state index contributed by atoms with van der Waals surface area (Å²) in [6, 6.07) is 11.4. The molecule has 0 saturated carbocycles. The summed E-state index contributed by atoms with van der Waals surface area (Å²) in [5.74, 6) is -3.75.